The van der Waals surface area contributed by atoms with Crippen molar-refractivity contribution in [3.8, 4) is 0 Å². The van der Waals surface area contributed by atoms with E-state index in [4.69, 9.17) is 9.47 Å². The zero-order valence-electron chi connectivity index (χ0n) is 9.71. The molecule has 86 valence electrons. The van der Waals surface area contributed by atoms with Gasteiger partial charge in [-0.1, -0.05) is 18.6 Å². The van der Waals surface area contributed by atoms with E-state index < -0.39 is 0 Å². The molecule has 2 bridgehead atoms. The van der Waals surface area contributed by atoms with Gasteiger partial charge in [-0.05, 0) is 38.0 Å². The lowest BCUT2D eigenvalue weighted by Crippen LogP contribution is -2.01. The molecular weight excluding hydrogens is 188 g/mol. The van der Waals surface area contributed by atoms with E-state index in [1.807, 2.05) is 0 Å². The van der Waals surface area contributed by atoms with E-state index in [2.05, 4.69) is 13.0 Å². The van der Waals surface area contributed by atoms with E-state index in [0.717, 1.165) is 32.2 Å². The van der Waals surface area contributed by atoms with E-state index in [1.165, 1.54) is 25.7 Å². The van der Waals surface area contributed by atoms with Crippen LogP contribution < -0.4 is 0 Å². The molecule has 3 rings (SSSR count). The smallest absolute Gasteiger partial charge is 0.104 e. The Balaban J connectivity index is 0.000000114. The molecule has 0 aromatic carbocycles. The molecule has 0 aromatic rings. The summed E-state index contributed by atoms with van der Waals surface area (Å²) in [5.41, 5.74) is 1.74. The van der Waals surface area contributed by atoms with Crippen LogP contribution in [0.25, 0.3) is 0 Å². The second-order valence-electron chi connectivity index (χ2n) is 4.74. The van der Waals surface area contributed by atoms with Crippen LogP contribution in [0, 0.1) is 5.92 Å². The minimum Gasteiger partial charge on any atom is -0.379 e. The maximum Gasteiger partial charge on any atom is 0.104 e. The molecule has 2 unspecified atom stereocenters. The van der Waals surface area contributed by atoms with Crippen LogP contribution in [0.2, 0.25) is 0 Å². The van der Waals surface area contributed by atoms with Gasteiger partial charge >= 0.3 is 0 Å². The fourth-order valence-corrected chi connectivity index (χ4v) is 2.21. The van der Waals surface area contributed by atoms with Crippen LogP contribution in [0.4, 0.5) is 0 Å². The minimum atomic E-state index is 0.432. The standard InChI is InChI=1S/C7H10.C6H12O2/c1-2-7-4-3-6(1)5-7;1-2-3-7-4-6-5-8-6/h1,7H,2-5H2;6H,2-5H2,1H3. The van der Waals surface area contributed by atoms with Crippen molar-refractivity contribution < 1.29 is 9.47 Å². The van der Waals surface area contributed by atoms with E-state index in [1.54, 1.807) is 5.57 Å². The fraction of sp³-hybridized carbons (Fsp3) is 0.846. The average Bonchev–Trinajstić information content (AvgIpc) is 2.83. The number of fused-ring (bicyclic) bond motifs is 2. The van der Waals surface area contributed by atoms with E-state index in [-0.39, 0.29) is 0 Å². The molecule has 0 radical (unpaired) electrons. The van der Waals surface area contributed by atoms with Crippen molar-refractivity contribution in [1.29, 1.82) is 0 Å². The van der Waals surface area contributed by atoms with Crippen molar-refractivity contribution in [2.24, 2.45) is 5.92 Å². The maximum absolute atomic E-state index is 5.18. The summed E-state index contributed by atoms with van der Waals surface area (Å²) >= 11 is 0. The highest BCUT2D eigenvalue weighted by Gasteiger charge is 2.23. The normalized spacial score (nSPS) is 30.9. The Hall–Kier alpha value is -0.340. The van der Waals surface area contributed by atoms with Gasteiger partial charge in [-0.2, -0.15) is 0 Å². The zero-order valence-corrected chi connectivity index (χ0v) is 9.71. The van der Waals surface area contributed by atoms with Gasteiger partial charge < -0.3 is 9.47 Å². The fourth-order valence-electron chi connectivity index (χ4n) is 2.21. The zero-order chi connectivity index (χ0) is 10.5. The van der Waals surface area contributed by atoms with Gasteiger partial charge in [-0.15, -0.1) is 0 Å². The van der Waals surface area contributed by atoms with Crippen LogP contribution in [-0.2, 0) is 9.47 Å². The summed E-state index contributed by atoms with van der Waals surface area (Å²) in [6, 6.07) is 0. The first-order valence-corrected chi connectivity index (χ1v) is 6.25. The van der Waals surface area contributed by atoms with Gasteiger partial charge in [0.05, 0.1) is 13.2 Å². The summed E-state index contributed by atoms with van der Waals surface area (Å²) in [5.74, 6) is 1.08. The number of ether oxygens (including phenoxy) is 2. The number of epoxide rings is 1. The lowest BCUT2D eigenvalue weighted by molar-refractivity contribution is 0.117. The highest BCUT2D eigenvalue weighted by Crippen LogP contribution is 2.38. The summed E-state index contributed by atoms with van der Waals surface area (Å²) in [6.45, 7) is 4.69. The van der Waals surface area contributed by atoms with Crippen molar-refractivity contribution in [3.63, 3.8) is 0 Å². The van der Waals surface area contributed by atoms with Crippen LogP contribution in [0.1, 0.15) is 39.0 Å². The van der Waals surface area contributed by atoms with Crippen molar-refractivity contribution in [3.05, 3.63) is 11.6 Å². The predicted octanol–water partition coefficient (Wildman–Crippen LogP) is 2.93. The van der Waals surface area contributed by atoms with Crippen molar-refractivity contribution in [1.82, 2.24) is 0 Å². The van der Waals surface area contributed by atoms with E-state index >= 15 is 0 Å². The summed E-state index contributed by atoms with van der Waals surface area (Å²) < 4.78 is 10.1. The van der Waals surface area contributed by atoms with Gasteiger partial charge in [0.2, 0.25) is 0 Å². The number of hydrogen-bond acceptors (Lipinski definition) is 2. The number of hydrogen-bond donors (Lipinski definition) is 0. The highest BCUT2D eigenvalue weighted by atomic mass is 16.6. The topological polar surface area (TPSA) is 21.8 Å². The van der Waals surface area contributed by atoms with Crippen LogP contribution in [0.3, 0.4) is 0 Å². The summed E-state index contributed by atoms with van der Waals surface area (Å²) in [7, 11) is 0. The highest BCUT2D eigenvalue weighted by molar-refractivity contribution is 5.15. The molecule has 2 aliphatic carbocycles. The molecular formula is C13H22O2. The third-order valence-electron chi connectivity index (χ3n) is 3.22. The molecule has 3 aliphatic rings. The van der Waals surface area contributed by atoms with Gasteiger partial charge in [0.25, 0.3) is 0 Å². The van der Waals surface area contributed by atoms with Crippen LogP contribution in [0.15, 0.2) is 11.6 Å². The molecule has 2 atom stereocenters. The second kappa shape index (κ2) is 5.66. The van der Waals surface area contributed by atoms with E-state index in [9.17, 15) is 0 Å². The minimum absolute atomic E-state index is 0.432. The second-order valence-corrected chi connectivity index (χ2v) is 4.74. The lowest BCUT2D eigenvalue weighted by Gasteiger charge is -1.98. The third kappa shape index (κ3) is 3.96. The van der Waals surface area contributed by atoms with Crippen molar-refractivity contribution >= 4 is 0 Å². The van der Waals surface area contributed by atoms with Gasteiger partial charge in [0.15, 0.2) is 0 Å². The predicted molar refractivity (Wildman–Crippen MR) is 60.9 cm³/mol. The van der Waals surface area contributed by atoms with Crippen molar-refractivity contribution in [2.45, 2.75) is 45.1 Å². The molecule has 15 heavy (non-hydrogen) atoms. The van der Waals surface area contributed by atoms with E-state index in [0.29, 0.717) is 6.10 Å². The average molecular weight is 210 g/mol. The first-order valence-electron chi connectivity index (χ1n) is 6.25. The summed E-state index contributed by atoms with van der Waals surface area (Å²) in [5, 5.41) is 0. The molecule has 0 amide bonds. The van der Waals surface area contributed by atoms with Crippen molar-refractivity contribution in [2.75, 3.05) is 19.8 Å². The molecule has 2 fully saturated rings. The third-order valence-corrected chi connectivity index (χ3v) is 3.22. The Kier molecular flexibility index (Phi) is 4.21. The Bertz CT molecular complexity index is 219. The molecule has 0 aromatic heterocycles. The van der Waals surface area contributed by atoms with Crippen LogP contribution >= 0.6 is 0 Å². The molecule has 1 aliphatic heterocycles. The SMILES string of the molecule is C1=C2CCC(C1)C2.CCCOCC1CO1. The Morgan fingerprint density at radius 1 is 1.53 bits per heavy atom. The summed E-state index contributed by atoms with van der Waals surface area (Å²) in [4.78, 5) is 0. The van der Waals surface area contributed by atoms with Crippen LogP contribution in [-0.4, -0.2) is 25.9 Å². The number of rotatable bonds is 4. The molecule has 0 N–H and O–H groups in total. The van der Waals surface area contributed by atoms with Gasteiger partial charge in [-0.3, -0.25) is 0 Å². The van der Waals surface area contributed by atoms with Gasteiger partial charge in [0.1, 0.15) is 6.10 Å². The molecule has 2 nitrogen and oxygen atoms in total. The monoisotopic (exact) mass is 210 g/mol. The first-order chi connectivity index (χ1) is 7.38. The largest absolute Gasteiger partial charge is 0.379 e. The molecule has 2 heteroatoms. The Morgan fingerprint density at radius 3 is 2.73 bits per heavy atom. The molecule has 1 saturated carbocycles. The lowest BCUT2D eigenvalue weighted by atomic mass is 10.1. The quantitative estimate of drug-likeness (QED) is 0.404. The van der Waals surface area contributed by atoms with Gasteiger partial charge in [0, 0.05) is 6.61 Å². The summed E-state index contributed by atoms with van der Waals surface area (Å²) in [6.07, 6.45) is 9.72. The maximum atomic E-state index is 5.18. The Morgan fingerprint density at radius 2 is 2.40 bits per heavy atom. The Labute approximate surface area is 92.6 Å². The first kappa shape index (κ1) is 11.2. The molecule has 1 saturated heterocycles. The van der Waals surface area contributed by atoms with Crippen LogP contribution in [0.5, 0.6) is 0 Å². The molecule has 1 heterocycles. The molecule has 0 spiro atoms. The van der Waals surface area contributed by atoms with Gasteiger partial charge in [-0.25, -0.2) is 0 Å². The number of allylic oxidation sites excluding steroid dienone is 2.